The summed E-state index contributed by atoms with van der Waals surface area (Å²) in [6.07, 6.45) is 2.43. The fraction of sp³-hybridized carbons (Fsp3) is 1.00. The molecule has 78 valence electrons. The van der Waals surface area contributed by atoms with Gasteiger partial charge in [-0.3, -0.25) is 0 Å². The third-order valence-electron chi connectivity index (χ3n) is 2.98. The van der Waals surface area contributed by atoms with E-state index in [4.69, 9.17) is 4.84 Å². The third-order valence-corrected chi connectivity index (χ3v) is 2.98. The first-order valence-electron chi connectivity index (χ1n) is 5.14. The number of nitrogens with zero attached hydrogens (tertiary/aromatic N) is 1. The van der Waals surface area contributed by atoms with Crippen molar-refractivity contribution in [2.45, 2.75) is 58.5 Å². The second kappa shape index (κ2) is 3.25. The maximum absolute atomic E-state index is 5.50. The standard InChI is InChI=1S/C11H23NO/c1-9-7-10(2,3)12(13-6)11(4,5)8-9/h9H,7-8H2,1-6H3. The highest BCUT2D eigenvalue weighted by molar-refractivity contribution is 4.95. The zero-order valence-electron chi connectivity index (χ0n) is 9.85. The van der Waals surface area contributed by atoms with Crippen LogP contribution in [-0.2, 0) is 4.84 Å². The van der Waals surface area contributed by atoms with Crippen molar-refractivity contribution in [3.63, 3.8) is 0 Å². The molecule has 0 saturated carbocycles. The van der Waals surface area contributed by atoms with Gasteiger partial charge in [-0.2, -0.15) is 5.06 Å². The smallest absolute Gasteiger partial charge is 0.0575 e. The Balaban J connectivity index is 2.88. The van der Waals surface area contributed by atoms with Crippen LogP contribution in [0.2, 0.25) is 0 Å². The number of hydrogen-bond donors (Lipinski definition) is 0. The Bertz CT molecular complexity index is 169. The van der Waals surface area contributed by atoms with E-state index in [0.29, 0.717) is 0 Å². The predicted molar refractivity (Wildman–Crippen MR) is 55.4 cm³/mol. The fourth-order valence-electron chi connectivity index (χ4n) is 3.26. The fourth-order valence-corrected chi connectivity index (χ4v) is 3.26. The van der Waals surface area contributed by atoms with E-state index >= 15 is 0 Å². The van der Waals surface area contributed by atoms with Crippen LogP contribution in [0.1, 0.15) is 47.5 Å². The molecule has 1 fully saturated rings. The molecule has 0 atom stereocenters. The SMILES string of the molecule is CON1C(C)(C)CC(C)CC1(C)C. The molecule has 1 rings (SSSR count). The zero-order valence-corrected chi connectivity index (χ0v) is 9.85. The van der Waals surface area contributed by atoms with Crippen molar-refractivity contribution in [3.8, 4) is 0 Å². The van der Waals surface area contributed by atoms with Crippen molar-refractivity contribution in [1.82, 2.24) is 5.06 Å². The van der Waals surface area contributed by atoms with Gasteiger partial charge in [0.25, 0.3) is 0 Å². The zero-order chi connectivity index (χ0) is 10.3. The molecule has 0 unspecified atom stereocenters. The minimum atomic E-state index is 0.163. The van der Waals surface area contributed by atoms with Crippen molar-refractivity contribution in [2.75, 3.05) is 7.11 Å². The Morgan fingerprint density at radius 1 is 1.08 bits per heavy atom. The molecule has 0 bridgehead atoms. The second-order valence-electron chi connectivity index (χ2n) is 5.62. The molecule has 0 amide bonds. The molecule has 1 aliphatic rings. The van der Waals surface area contributed by atoms with Crippen molar-refractivity contribution in [3.05, 3.63) is 0 Å². The summed E-state index contributed by atoms with van der Waals surface area (Å²) in [7, 11) is 1.78. The Morgan fingerprint density at radius 3 is 1.77 bits per heavy atom. The molecule has 13 heavy (non-hydrogen) atoms. The van der Waals surface area contributed by atoms with E-state index in [1.54, 1.807) is 7.11 Å². The average Bonchev–Trinajstić information content (AvgIpc) is 1.79. The topological polar surface area (TPSA) is 12.5 Å². The molecule has 1 saturated heterocycles. The van der Waals surface area contributed by atoms with Gasteiger partial charge in [0, 0.05) is 11.1 Å². The minimum absolute atomic E-state index is 0.163. The minimum Gasteiger partial charge on any atom is -0.301 e. The summed E-state index contributed by atoms with van der Waals surface area (Å²) in [5.74, 6) is 0.788. The number of rotatable bonds is 1. The van der Waals surface area contributed by atoms with Gasteiger partial charge in [0.05, 0.1) is 7.11 Å². The van der Waals surface area contributed by atoms with Crippen molar-refractivity contribution in [1.29, 1.82) is 0 Å². The van der Waals surface area contributed by atoms with Gasteiger partial charge in [-0.1, -0.05) is 6.92 Å². The normalized spacial score (nSPS) is 29.1. The highest BCUT2D eigenvalue weighted by Gasteiger charge is 2.44. The van der Waals surface area contributed by atoms with Crippen LogP contribution >= 0.6 is 0 Å². The van der Waals surface area contributed by atoms with E-state index in [1.807, 2.05) is 0 Å². The maximum Gasteiger partial charge on any atom is 0.0575 e. The quantitative estimate of drug-likeness (QED) is 0.623. The lowest BCUT2D eigenvalue weighted by atomic mass is 9.76. The molecule has 2 nitrogen and oxygen atoms in total. The Kier molecular flexibility index (Phi) is 2.75. The van der Waals surface area contributed by atoms with Gasteiger partial charge < -0.3 is 4.84 Å². The summed E-state index contributed by atoms with van der Waals surface area (Å²) in [5.41, 5.74) is 0.325. The van der Waals surface area contributed by atoms with Crippen LogP contribution in [0.4, 0.5) is 0 Å². The van der Waals surface area contributed by atoms with Gasteiger partial charge in [0.2, 0.25) is 0 Å². The molecule has 0 aromatic heterocycles. The van der Waals surface area contributed by atoms with E-state index in [1.165, 1.54) is 12.8 Å². The second-order valence-corrected chi connectivity index (χ2v) is 5.62. The first-order chi connectivity index (χ1) is 5.79. The van der Waals surface area contributed by atoms with Gasteiger partial charge in [-0.25, -0.2) is 0 Å². The Hall–Kier alpha value is -0.0800. The molecule has 1 heterocycles. The van der Waals surface area contributed by atoms with Gasteiger partial charge in [0.1, 0.15) is 0 Å². The lowest BCUT2D eigenvalue weighted by Crippen LogP contribution is -2.59. The van der Waals surface area contributed by atoms with Gasteiger partial charge in [0.15, 0.2) is 0 Å². The summed E-state index contributed by atoms with van der Waals surface area (Å²) in [6.45, 7) is 11.4. The molecule has 2 heteroatoms. The van der Waals surface area contributed by atoms with Gasteiger partial charge >= 0.3 is 0 Å². The molecular formula is C11H23NO. The number of piperidine rings is 1. The highest BCUT2D eigenvalue weighted by atomic mass is 16.7. The molecule has 0 N–H and O–H groups in total. The summed E-state index contributed by atoms with van der Waals surface area (Å²) in [4.78, 5) is 5.50. The molecule has 1 aliphatic heterocycles. The van der Waals surface area contributed by atoms with E-state index in [0.717, 1.165) is 5.92 Å². The molecule has 0 aliphatic carbocycles. The summed E-state index contributed by atoms with van der Waals surface area (Å²) in [5, 5.41) is 2.15. The largest absolute Gasteiger partial charge is 0.301 e. The Labute approximate surface area is 82.2 Å². The van der Waals surface area contributed by atoms with E-state index in [-0.39, 0.29) is 11.1 Å². The van der Waals surface area contributed by atoms with E-state index < -0.39 is 0 Å². The van der Waals surface area contributed by atoms with E-state index in [2.05, 4.69) is 39.7 Å². The number of hydroxylamine groups is 2. The summed E-state index contributed by atoms with van der Waals surface area (Å²) in [6, 6.07) is 0. The summed E-state index contributed by atoms with van der Waals surface area (Å²) < 4.78 is 0. The molecular weight excluding hydrogens is 162 g/mol. The molecule has 0 aromatic carbocycles. The van der Waals surface area contributed by atoms with Crippen LogP contribution in [0, 0.1) is 5.92 Å². The van der Waals surface area contributed by atoms with Gasteiger partial charge in [-0.05, 0) is 46.5 Å². The highest BCUT2D eigenvalue weighted by Crippen LogP contribution is 2.40. The van der Waals surface area contributed by atoms with Gasteiger partial charge in [-0.15, -0.1) is 0 Å². The van der Waals surface area contributed by atoms with Crippen molar-refractivity contribution >= 4 is 0 Å². The lowest BCUT2D eigenvalue weighted by molar-refractivity contribution is -0.270. The molecule has 0 aromatic rings. The van der Waals surface area contributed by atoms with Crippen LogP contribution in [0.25, 0.3) is 0 Å². The van der Waals surface area contributed by atoms with Crippen LogP contribution in [0.15, 0.2) is 0 Å². The van der Waals surface area contributed by atoms with Crippen LogP contribution in [0.3, 0.4) is 0 Å². The predicted octanol–water partition coefficient (Wildman–Crippen LogP) is 2.84. The Morgan fingerprint density at radius 2 is 1.46 bits per heavy atom. The third kappa shape index (κ3) is 2.05. The van der Waals surface area contributed by atoms with E-state index in [9.17, 15) is 0 Å². The number of hydrogen-bond acceptors (Lipinski definition) is 2. The molecule has 0 radical (unpaired) electrons. The lowest BCUT2D eigenvalue weighted by Gasteiger charge is -2.52. The maximum atomic E-state index is 5.50. The van der Waals surface area contributed by atoms with Crippen molar-refractivity contribution in [2.24, 2.45) is 5.92 Å². The summed E-state index contributed by atoms with van der Waals surface area (Å²) >= 11 is 0. The van der Waals surface area contributed by atoms with Crippen LogP contribution in [-0.4, -0.2) is 23.3 Å². The average molecular weight is 185 g/mol. The first-order valence-corrected chi connectivity index (χ1v) is 5.14. The van der Waals surface area contributed by atoms with Crippen molar-refractivity contribution < 1.29 is 4.84 Å². The van der Waals surface area contributed by atoms with Crippen LogP contribution < -0.4 is 0 Å². The van der Waals surface area contributed by atoms with Crippen LogP contribution in [0.5, 0.6) is 0 Å². The monoisotopic (exact) mass is 185 g/mol. The first kappa shape index (κ1) is 11.0. The molecule has 0 spiro atoms.